The largest absolute Gasteiger partial charge is 0.456 e. The number of para-hydroxylation sites is 3. The molecule has 3 aliphatic rings. The molecule has 276 valence electrons. The Morgan fingerprint density at radius 2 is 0.814 bits per heavy atom. The van der Waals surface area contributed by atoms with Crippen LogP contribution in [0.15, 0.2) is 212 Å². The van der Waals surface area contributed by atoms with Gasteiger partial charge in [-0.1, -0.05) is 182 Å². The second-order valence-corrected chi connectivity index (χ2v) is 15.6. The summed E-state index contributed by atoms with van der Waals surface area (Å²) in [5.41, 5.74) is 19.7. The Morgan fingerprint density at radius 1 is 0.322 bits per heavy atom. The molecule has 0 saturated carbocycles. The van der Waals surface area contributed by atoms with E-state index >= 15 is 0 Å². The SMILES string of the molecule is C1=Cc2ccccc2C2(c3ccccc31)c1ccccc1-c1cc(N(c3ccc4c(c3)-c3ccccc3Oc3ccccc3-4)c3ccccc3-c3ccccc3)ccc12. The van der Waals surface area contributed by atoms with Gasteiger partial charge in [-0.3, -0.25) is 0 Å². The third kappa shape index (κ3) is 5.00. The maximum Gasteiger partial charge on any atom is 0.135 e. The van der Waals surface area contributed by atoms with E-state index in [1.54, 1.807) is 0 Å². The molecule has 12 rings (SSSR count). The van der Waals surface area contributed by atoms with Crippen LogP contribution >= 0.6 is 0 Å². The lowest BCUT2D eigenvalue weighted by atomic mass is 9.66. The van der Waals surface area contributed by atoms with E-state index in [1.807, 2.05) is 6.07 Å². The van der Waals surface area contributed by atoms with Crippen molar-refractivity contribution in [1.29, 1.82) is 0 Å². The topological polar surface area (TPSA) is 12.5 Å². The van der Waals surface area contributed by atoms with Gasteiger partial charge < -0.3 is 9.64 Å². The molecule has 0 unspecified atom stereocenters. The molecule has 2 aliphatic carbocycles. The summed E-state index contributed by atoms with van der Waals surface area (Å²) < 4.78 is 6.61. The van der Waals surface area contributed by atoms with E-state index in [9.17, 15) is 0 Å². The quantitative estimate of drug-likeness (QED) is 0.178. The fourth-order valence-electron chi connectivity index (χ4n) is 10.0. The molecular weight excluding hydrogens is 715 g/mol. The summed E-state index contributed by atoms with van der Waals surface area (Å²) in [6, 6.07) is 77.3. The Balaban J connectivity index is 1.14. The predicted molar refractivity (Wildman–Crippen MR) is 244 cm³/mol. The number of fused-ring (bicyclic) bond motifs is 14. The molecule has 1 heterocycles. The molecule has 0 N–H and O–H groups in total. The van der Waals surface area contributed by atoms with Crippen molar-refractivity contribution in [3.8, 4) is 56.0 Å². The summed E-state index contributed by atoms with van der Waals surface area (Å²) in [5.74, 6) is 1.71. The van der Waals surface area contributed by atoms with Crippen molar-refractivity contribution in [2.45, 2.75) is 5.41 Å². The highest BCUT2D eigenvalue weighted by Gasteiger charge is 2.48. The number of anilines is 3. The van der Waals surface area contributed by atoms with Crippen LogP contribution in [0.5, 0.6) is 11.5 Å². The second kappa shape index (κ2) is 13.2. The second-order valence-electron chi connectivity index (χ2n) is 15.6. The average Bonchev–Trinajstić information content (AvgIpc) is 3.39. The summed E-state index contributed by atoms with van der Waals surface area (Å²) in [6.45, 7) is 0. The molecule has 1 spiro atoms. The van der Waals surface area contributed by atoms with Gasteiger partial charge in [-0.2, -0.15) is 0 Å². The van der Waals surface area contributed by atoms with Gasteiger partial charge in [0.15, 0.2) is 0 Å². The Kier molecular flexibility index (Phi) is 7.48. The standard InChI is InChI=1S/C57H37NO/c1-2-16-38(17-3-1)43-20-7-13-27-54(43)58(41-32-34-44-46-22-8-14-28-55(46)59-56-29-15-9-23-47(56)48(44)36-41)42-33-35-53-49(37-42)45-21-6-12-26-52(45)57(53)50-24-10-4-18-39(50)30-31-40-19-5-11-25-51(40)57/h1-37H. The predicted octanol–water partition coefficient (Wildman–Crippen LogP) is 15.1. The highest BCUT2D eigenvalue weighted by molar-refractivity contribution is 5.98. The number of hydrogen-bond donors (Lipinski definition) is 0. The molecule has 2 nitrogen and oxygen atoms in total. The van der Waals surface area contributed by atoms with Crippen molar-refractivity contribution >= 4 is 29.2 Å². The number of hydrogen-bond acceptors (Lipinski definition) is 2. The smallest absolute Gasteiger partial charge is 0.135 e. The Morgan fingerprint density at radius 3 is 1.51 bits per heavy atom. The van der Waals surface area contributed by atoms with Gasteiger partial charge in [0, 0.05) is 28.1 Å². The van der Waals surface area contributed by atoms with Crippen molar-refractivity contribution in [3.63, 3.8) is 0 Å². The first-order valence-corrected chi connectivity index (χ1v) is 20.3. The van der Waals surface area contributed by atoms with E-state index in [2.05, 4.69) is 223 Å². The van der Waals surface area contributed by atoms with Gasteiger partial charge in [-0.05, 0) is 104 Å². The highest BCUT2D eigenvalue weighted by atomic mass is 16.5. The summed E-state index contributed by atoms with van der Waals surface area (Å²) >= 11 is 0. The van der Waals surface area contributed by atoms with E-state index in [1.165, 1.54) is 50.1 Å². The lowest BCUT2D eigenvalue weighted by molar-refractivity contribution is 0.488. The minimum atomic E-state index is -0.491. The van der Waals surface area contributed by atoms with E-state index in [0.717, 1.165) is 56.4 Å². The first-order chi connectivity index (χ1) is 29.3. The van der Waals surface area contributed by atoms with Crippen molar-refractivity contribution in [2.24, 2.45) is 0 Å². The van der Waals surface area contributed by atoms with Gasteiger partial charge >= 0.3 is 0 Å². The molecular formula is C57H37NO. The van der Waals surface area contributed by atoms with E-state index in [0.29, 0.717) is 0 Å². The number of benzene rings is 9. The number of ether oxygens (including phenoxy) is 1. The highest BCUT2D eigenvalue weighted by Crippen LogP contribution is 2.60. The molecule has 0 aromatic heterocycles. The van der Waals surface area contributed by atoms with E-state index in [4.69, 9.17) is 4.74 Å². The molecule has 1 aliphatic heterocycles. The van der Waals surface area contributed by atoms with Gasteiger partial charge in [0.05, 0.1) is 11.1 Å². The molecule has 9 aromatic rings. The first kappa shape index (κ1) is 33.5. The summed E-state index contributed by atoms with van der Waals surface area (Å²) in [4.78, 5) is 2.45. The summed E-state index contributed by atoms with van der Waals surface area (Å²) in [6.07, 6.45) is 4.58. The zero-order valence-electron chi connectivity index (χ0n) is 32.2. The van der Waals surface area contributed by atoms with Gasteiger partial charge in [-0.15, -0.1) is 0 Å². The van der Waals surface area contributed by atoms with Gasteiger partial charge in [0.1, 0.15) is 11.5 Å². The van der Waals surface area contributed by atoms with Crippen LogP contribution in [0, 0.1) is 0 Å². The molecule has 0 bridgehead atoms. The van der Waals surface area contributed by atoms with Crippen LogP contribution < -0.4 is 9.64 Å². The molecule has 0 atom stereocenters. The Hall–Kier alpha value is -7.68. The van der Waals surface area contributed by atoms with Crippen LogP contribution in [-0.4, -0.2) is 0 Å². The van der Waals surface area contributed by atoms with Crippen LogP contribution in [-0.2, 0) is 5.41 Å². The summed E-state index contributed by atoms with van der Waals surface area (Å²) in [7, 11) is 0. The third-order valence-electron chi connectivity index (χ3n) is 12.5. The van der Waals surface area contributed by atoms with Crippen LogP contribution in [0.1, 0.15) is 33.4 Å². The van der Waals surface area contributed by atoms with Crippen LogP contribution in [0.4, 0.5) is 17.1 Å². The van der Waals surface area contributed by atoms with Crippen LogP contribution in [0.25, 0.3) is 56.7 Å². The molecule has 0 radical (unpaired) electrons. The average molecular weight is 752 g/mol. The fourth-order valence-corrected chi connectivity index (χ4v) is 10.0. The maximum absolute atomic E-state index is 6.61. The Labute approximate surface area is 344 Å². The molecule has 2 heteroatoms. The normalized spacial score (nSPS) is 13.3. The minimum Gasteiger partial charge on any atom is -0.456 e. The Bertz CT molecular complexity index is 3110. The molecule has 0 fully saturated rings. The monoisotopic (exact) mass is 751 g/mol. The fraction of sp³-hybridized carbons (Fsp3) is 0.0175. The van der Waals surface area contributed by atoms with Gasteiger partial charge in [0.25, 0.3) is 0 Å². The van der Waals surface area contributed by atoms with Crippen molar-refractivity contribution < 1.29 is 4.74 Å². The van der Waals surface area contributed by atoms with Crippen molar-refractivity contribution in [3.05, 3.63) is 246 Å². The van der Waals surface area contributed by atoms with E-state index in [-0.39, 0.29) is 0 Å². The van der Waals surface area contributed by atoms with Gasteiger partial charge in [0.2, 0.25) is 0 Å². The van der Waals surface area contributed by atoms with Crippen LogP contribution in [0.3, 0.4) is 0 Å². The first-order valence-electron chi connectivity index (χ1n) is 20.3. The minimum absolute atomic E-state index is 0.491. The van der Waals surface area contributed by atoms with Crippen molar-refractivity contribution in [2.75, 3.05) is 4.90 Å². The van der Waals surface area contributed by atoms with Gasteiger partial charge in [-0.25, -0.2) is 0 Å². The number of nitrogens with zero attached hydrogens (tertiary/aromatic N) is 1. The van der Waals surface area contributed by atoms with Crippen molar-refractivity contribution in [1.82, 2.24) is 0 Å². The number of rotatable bonds is 4. The molecule has 9 aromatic carbocycles. The zero-order chi connectivity index (χ0) is 38.9. The molecule has 0 saturated heterocycles. The van der Waals surface area contributed by atoms with Crippen LogP contribution in [0.2, 0.25) is 0 Å². The molecule has 0 amide bonds. The third-order valence-corrected chi connectivity index (χ3v) is 12.5. The zero-order valence-corrected chi connectivity index (χ0v) is 32.2. The molecule has 59 heavy (non-hydrogen) atoms. The lowest BCUT2D eigenvalue weighted by Gasteiger charge is -2.35. The lowest BCUT2D eigenvalue weighted by Crippen LogP contribution is -2.29. The maximum atomic E-state index is 6.61. The summed E-state index contributed by atoms with van der Waals surface area (Å²) in [5, 5.41) is 0. The van der Waals surface area contributed by atoms with E-state index < -0.39 is 5.41 Å².